The van der Waals surface area contributed by atoms with Crippen LogP contribution in [0.1, 0.15) is 29.7 Å². The maximum atomic E-state index is 14.3. The number of benzene rings is 2. The summed E-state index contributed by atoms with van der Waals surface area (Å²) in [5, 5.41) is 0. The van der Waals surface area contributed by atoms with E-state index in [4.69, 9.17) is 5.73 Å². The lowest BCUT2D eigenvalue weighted by atomic mass is 9.99. The molecule has 0 radical (unpaired) electrons. The van der Waals surface area contributed by atoms with Gasteiger partial charge in [0.2, 0.25) is 0 Å². The van der Waals surface area contributed by atoms with Crippen LogP contribution in [0.25, 0.3) is 0 Å². The number of fused-ring (bicyclic) bond motifs is 1. The molecule has 1 heterocycles. The molecule has 104 valence electrons. The number of nitrogens with two attached hydrogens (primary N) is 1. The molecule has 0 amide bonds. The number of halogens is 1. The fourth-order valence-corrected chi connectivity index (χ4v) is 2.76. The van der Waals surface area contributed by atoms with Crippen molar-refractivity contribution in [1.82, 2.24) is 0 Å². The summed E-state index contributed by atoms with van der Waals surface area (Å²) in [6.45, 7) is 3.49. The van der Waals surface area contributed by atoms with E-state index in [1.54, 1.807) is 6.07 Å². The van der Waals surface area contributed by atoms with Crippen LogP contribution in [0.15, 0.2) is 42.5 Å². The van der Waals surface area contributed by atoms with Crippen LogP contribution in [0.3, 0.4) is 0 Å². The molecule has 1 aliphatic rings. The zero-order valence-electron chi connectivity index (χ0n) is 11.6. The molecule has 2 N–H and O–H groups in total. The van der Waals surface area contributed by atoms with E-state index in [1.807, 2.05) is 25.1 Å². The van der Waals surface area contributed by atoms with Gasteiger partial charge < -0.3 is 10.6 Å². The van der Waals surface area contributed by atoms with Crippen molar-refractivity contribution in [2.75, 3.05) is 11.4 Å². The fraction of sp³-hybridized carbons (Fsp3) is 0.294. The fourth-order valence-electron chi connectivity index (χ4n) is 2.76. The lowest BCUT2D eigenvalue weighted by Gasteiger charge is -2.31. The molecule has 0 unspecified atom stereocenters. The summed E-state index contributed by atoms with van der Waals surface area (Å²) in [6.07, 6.45) is 0.963. The highest BCUT2D eigenvalue weighted by Gasteiger charge is 2.19. The second kappa shape index (κ2) is 5.25. The molecule has 0 saturated heterocycles. The summed E-state index contributed by atoms with van der Waals surface area (Å²) < 4.78 is 14.3. The Morgan fingerprint density at radius 2 is 1.90 bits per heavy atom. The molecule has 0 fully saturated rings. The lowest BCUT2D eigenvalue weighted by Crippen LogP contribution is -2.31. The summed E-state index contributed by atoms with van der Waals surface area (Å²) in [5.41, 5.74) is 9.96. The highest BCUT2D eigenvalue weighted by Crippen LogP contribution is 2.28. The number of anilines is 1. The molecule has 3 heteroatoms. The van der Waals surface area contributed by atoms with Crippen LogP contribution in [0.5, 0.6) is 0 Å². The van der Waals surface area contributed by atoms with Gasteiger partial charge in [-0.25, -0.2) is 4.39 Å². The van der Waals surface area contributed by atoms with Gasteiger partial charge in [-0.05, 0) is 42.2 Å². The topological polar surface area (TPSA) is 29.3 Å². The minimum absolute atomic E-state index is 0.138. The van der Waals surface area contributed by atoms with Gasteiger partial charge >= 0.3 is 0 Å². The lowest BCUT2D eigenvalue weighted by molar-refractivity contribution is 0.606. The number of nitrogens with zero attached hydrogens (tertiary/aromatic N) is 1. The van der Waals surface area contributed by atoms with E-state index < -0.39 is 0 Å². The van der Waals surface area contributed by atoms with Gasteiger partial charge in [0.15, 0.2) is 0 Å². The van der Waals surface area contributed by atoms with Crippen molar-refractivity contribution in [1.29, 1.82) is 0 Å². The Bertz CT molecular complexity index is 622. The second-order valence-electron chi connectivity index (χ2n) is 5.44. The minimum atomic E-state index is -0.181. The van der Waals surface area contributed by atoms with Crippen LogP contribution in [0.2, 0.25) is 0 Å². The summed E-state index contributed by atoms with van der Waals surface area (Å²) >= 11 is 0. The van der Waals surface area contributed by atoms with Gasteiger partial charge in [-0.1, -0.05) is 30.3 Å². The van der Waals surface area contributed by atoms with Crippen LogP contribution in [-0.2, 0) is 13.0 Å². The van der Waals surface area contributed by atoms with Gasteiger partial charge in [0.1, 0.15) is 5.82 Å². The normalized spacial score (nSPS) is 15.8. The van der Waals surface area contributed by atoms with E-state index in [0.29, 0.717) is 5.69 Å². The second-order valence-corrected chi connectivity index (χ2v) is 5.44. The Balaban J connectivity index is 1.88. The van der Waals surface area contributed by atoms with Crippen LogP contribution in [0, 0.1) is 5.82 Å². The summed E-state index contributed by atoms with van der Waals surface area (Å²) in [6, 6.07) is 13.6. The van der Waals surface area contributed by atoms with E-state index in [9.17, 15) is 4.39 Å². The summed E-state index contributed by atoms with van der Waals surface area (Å²) in [4.78, 5) is 2.10. The van der Waals surface area contributed by atoms with Crippen molar-refractivity contribution in [2.24, 2.45) is 5.73 Å². The Hall–Kier alpha value is -1.87. The van der Waals surface area contributed by atoms with Crippen molar-refractivity contribution in [2.45, 2.75) is 25.9 Å². The Morgan fingerprint density at radius 3 is 2.60 bits per heavy atom. The predicted octanol–water partition coefficient (Wildman–Crippen LogP) is 3.41. The largest absolute Gasteiger partial charge is 0.364 e. The monoisotopic (exact) mass is 270 g/mol. The molecular formula is C17H19FN2. The summed E-state index contributed by atoms with van der Waals surface area (Å²) in [7, 11) is 0. The Kier molecular flexibility index (Phi) is 3.45. The number of rotatable bonds is 2. The Labute approximate surface area is 119 Å². The number of hydrogen-bond donors (Lipinski definition) is 1. The molecule has 3 rings (SSSR count). The standard InChI is InChI=1S/C17H19FN2/c1-12(19)14-6-7-17(16(18)10-14)20-9-8-13-4-2-3-5-15(13)11-20/h2-7,10,12H,8-9,11,19H2,1H3/t12-/m1/s1. The first kappa shape index (κ1) is 13.1. The SMILES string of the molecule is C[C@@H](N)c1ccc(N2CCc3ccccc3C2)c(F)c1. The van der Waals surface area contributed by atoms with E-state index in [1.165, 1.54) is 11.1 Å². The first-order valence-electron chi connectivity index (χ1n) is 7.02. The van der Waals surface area contributed by atoms with Gasteiger partial charge in [0, 0.05) is 19.1 Å². The molecule has 0 bridgehead atoms. The zero-order chi connectivity index (χ0) is 14.1. The molecule has 0 spiro atoms. The van der Waals surface area contributed by atoms with Gasteiger partial charge in [0.05, 0.1) is 5.69 Å². The van der Waals surface area contributed by atoms with Crippen molar-refractivity contribution in [3.8, 4) is 0 Å². The van der Waals surface area contributed by atoms with E-state index in [-0.39, 0.29) is 11.9 Å². The molecule has 0 aliphatic carbocycles. The van der Waals surface area contributed by atoms with Crippen molar-refractivity contribution >= 4 is 5.69 Å². The van der Waals surface area contributed by atoms with Crippen LogP contribution in [0.4, 0.5) is 10.1 Å². The zero-order valence-corrected chi connectivity index (χ0v) is 11.6. The Morgan fingerprint density at radius 1 is 1.15 bits per heavy atom. The maximum Gasteiger partial charge on any atom is 0.146 e. The van der Waals surface area contributed by atoms with Gasteiger partial charge in [-0.3, -0.25) is 0 Å². The van der Waals surface area contributed by atoms with Gasteiger partial charge in [-0.2, -0.15) is 0 Å². The predicted molar refractivity (Wildman–Crippen MR) is 80.2 cm³/mol. The van der Waals surface area contributed by atoms with E-state index >= 15 is 0 Å². The molecule has 1 aliphatic heterocycles. The molecule has 2 aromatic carbocycles. The maximum absolute atomic E-state index is 14.3. The third kappa shape index (κ3) is 2.41. The molecule has 1 atom stereocenters. The van der Waals surface area contributed by atoms with Crippen LogP contribution >= 0.6 is 0 Å². The first-order valence-corrected chi connectivity index (χ1v) is 7.02. The van der Waals surface area contributed by atoms with Gasteiger partial charge in [-0.15, -0.1) is 0 Å². The van der Waals surface area contributed by atoms with Crippen molar-refractivity contribution < 1.29 is 4.39 Å². The van der Waals surface area contributed by atoms with Gasteiger partial charge in [0.25, 0.3) is 0 Å². The average molecular weight is 270 g/mol. The summed E-state index contributed by atoms with van der Waals surface area (Å²) in [5.74, 6) is -0.181. The number of hydrogen-bond acceptors (Lipinski definition) is 2. The highest BCUT2D eigenvalue weighted by molar-refractivity contribution is 5.52. The quantitative estimate of drug-likeness (QED) is 0.906. The average Bonchev–Trinajstić information content (AvgIpc) is 2.46. The van der Waals surface area contributed by atoms with Crippen molar-refractivity contribution in [3.05, 3.63) is 65.0 Å². The molecular weight excluding hydrogens is 251 g/mol. The third-order valence-electron chi connectivity index (χ3n) is 3.97. The van der Waals surface area contributed by atoms with Crippen LogP contribution < -0.4 is 10.6 Å². The molecule has 20 heavy (non-hydrogen) atoms. The van der Waals surface area contributed by atoms with Crippen LogP contribution in [-0.4, -0.2) is 6.54 Å². The molecule has 2 nitrogen and oxygen atoms in total. The smallest absolute Gasteiger partial charge is 0.146 e. The highest BCUT2D eigenvalue weighted by atomic mass is 19.1. The van der Waals surface area contributed by atoms with E-state index in [2.05, 4.69) is 23.1 Å². The van der Waals surface area contributed by atoms with E-state index in [0.717, 1.165) is 25.1 Å². The van der Waals surface area contributed by atoms with Crippen molar-refractivity contribution in [3.63, 3.8) is 0 Å². The first-order chi connectivity index (χ1) is 9.65. The molecule has 0 aromatic heterocycles. The molecule has 0 saturated carbocycles. The third-order valence-corrected chi connectivity index (χ3v) is 3.97. The minimum Gasteiger partial charge on any atom is -0.364 e. The molecule has 2 aromatic rings.